The van der Waals surface area contributed by atoms with E-state index in [-0.39, 0.29) is 30.6 Å². The number of azo groups is 1. The summed E-state index contributed by atoms with van der Waals surface area (Å²) in [6, 6.07) is 0. The molecule has 0 atom stereocenters. The number of aliphatic hydroxyl groups is 2. The molecule has 0 radical (unpaired) electrons. The first-order valence-corrected chi connectivity index (χ1v) is 5.44. The van der Waals surface area contributed by atoms with Gasteiger partial charge in [-0.05, 0) is 27.7 Å². The van der Waals surface area contributed by atoms with E-state index < -0.39 is 17.4 Å². The summed E-state index contributed by atoms with van der Waals surface area (Å²) >= 11 is 0. The van der Waals surface area contributed by atoms with E-state index in [0.717, 1.165) is 0 Å². The zero-order valence-electron chi connectivity index (χ0n) is 11.6. The normalized spacial score (nSPS) is 13.7. The molecule has 112 valence electrons. The molecule has 0 aromatic rings. The number of halogens is 1. The van der Waals surface area contributed by atoms with Gasteiger partial charge in [-0.3, -0.25) is 10.4 Å². The fourth-order valence-electron chi connectivity index (χ4n) is 0.729. The molecular formula is C10H23ClN6O2. The van der Waals surface area contributed by atoms with E-state index in [2.05, 4.69) is 15.2 Å². The highest BCUT2D eigenvalue weighted by atomic mass is 35.5. The molecule has 0 aliphatic carbocycles. The quantitative estimate of drug-likeness (QED) is 0.203. The summed E-state index contributed by atoms with van der Waals surface area (Å²) in [4.78, 5) is 3.80. The second-order valence-electron chi connectivity index (χ2n) is 4.94. The van der Waals surface area contributed by atoms with Crippen LogP contribution in [0, 0.1) is 5.41 Å². The van der Waals surface area contributed by atoms with E-state index in [1.165, 1.54) is 0 Å². The standard InChI is InChI=1S/C10H22N6O2.ClH/c1-9(2,7(11)12)15-16-10(3,4)8(13)14-5-6(17)18;/h6,17-18H,5H2,1-4H3,(H3,11,12)(H2,13,14);1H. The Morgan fingerprint density at radius 1 is 1.11 bits per heavy atom. The van der Waals surface area contributed by atoms with Gasteiger partial charge in [-0.1, -0.05) is 0 Å². The zero-order valence-corrected chi connectivity index (χ0v) is 12.4. The number of amidine groups is 2. The Hall–Kier alpha value is -1.25. The van der Waals surface area contributed by atoms with Crippen LogP contribution >= 0.6 is 12.4 Å². The zero-order chi connectivity index (χ0) is 14.6. The van der Waals surface area contributed by atoms with Crippen LogP contribution in [-0.2, 0) is 0 Å². The summed E-state index contributed by atoms with van der Waals surface area (Å²) in [5, 5.41) is 32.7. The topological polar surface area (TPSA) is 153 Å². The van der Waals surface area contributed by atoms with Crippen molar-refractivity contribution >= 4 is 24.1 Å². The Morgan fingerprint density at radius 3 is 1.89 bits per heavy atom. The monoisotopic (exact) mass is 294 g/mol. The van der Waals surface area contributed by atoms with Gasteiger partial charge in [0.15, 0.2) is 6.29 Å². The third-order valence-corrected chi connectivity index (χ3v) is 2.26. The van der Waals surface area contributed by atoms with Gasteiger partial charge in [0.05, 0.1) is 6.54 Å². The number of nitrogens with two attached hydrogens (primary N) is 2. The van der Waals surface area contributed by atoms with Crippen molar-refractivity contribution in [1.29, 1.82) is 5.41 Å². The molecule has 7 N–H and O–H groups in total. The lowest BCUT2D eigenvalue weighted by Gasteiger charge is -2.22. The Morgan fingerprint density at radius 2 is 1.53 bits per heavy atom. The van der Waals surface area contributed by atoms with Crippen LogP contribution in [0.3, 0.4) is 0 Å². The number of hydrogen-bond donors (Lipinski definition) is 5. The van der Waals surface area contributed by atoms with Crippen LogP contribution in [0.5, 0.6) is 0 Å². The van der Waals surface area contributed by atoms with Gasteiger partial charge in [-0.25, -0.2) is 0 Å². The molecule has 0 saturated heterocycles. The minimum Gasteiger partial charge on any atom is -0.386 e. The third-order valence-electron chi connectivity index (χ3n) is 2.26. The molecule has 0 heterocycles. The molecule has 0 fully saturated rings. The van der Waals surface area contributed by atoms with Gasteiger partial charge in [0.2, 0.25) is 0 Å². The maximum atomic E-state index is 8.69. The van der Waals surface area contributed by atoms with E-state index in [1.807, 2.05) is 0 Å². The summed E-state index contributed by atoms with van der Waals surface area (Å²) in [6.07, 6.45) is -1.55. The van der Waals surface area contributed by atoms with E-state index in [0.29, 0.717) is 0 Å². The molecule has 0 unspecified atom stereocenters. The first-order valence-electron chi connectivity index (χ1n) is 5.44. The minimum absolute atomic E-state index is 0. The van der Waals surface area contributed by atoms with Gasteiger partial charge in [0, 0.05) is 0 Å². The van der Waals surface area contributed by atoms with Gasteiger partial charge >= 0.3 is 0 Å². The molecule has 0 amide bonds. The van der Waals surface area contributed by atoms with Crippen molar-refractivity contribution in [2.24, 2.45) is 26.7 Å². The Bertz CT molecular complexity index is 365. The van der Waals surface area contributed by atoms with E-state index >= 15 is 0 Å². The van der Waals surface area contributed by atoms with Crippen molar-refractivity contribution in [2.45, 2.75) is 45.1 Å². The average Bonchev–Trinajstić information content (AvgIpc) is 2.23. The van der Waals surface area contributed by atoms with Crippen LogP contribution < -0.4 is 11.5 Å². The van der Waals surface area contributed by atoms with Crippen molar-refractivity contribution in [1.82, 2.24) is 0 Å². The number of nitrogens with zero attached hydrogens (tertiary/aromatic N) is 3. The highest BCUT2D eigenvalue weighted by molar-refractivity contribution is 5.89. The maximum absolute atomic E-state index is 8.69. The molecule has 8 nitrogen and oxygen atoms in total. The van der Waals surface area contributed by atoms with Crippen LogP contribution in [0.15, 0.2) is 15.2 Å². The van der Waals surface area contributed by atoms with Gasteiger partial charge in [0.25, 0.3) is 0 Å². The third kappa shape index (κ3) is 7.04. The summed E-state index contributed by atoms with van der Waals surface area (Å²) in [6.45, 7) is 6.44. The fourth-order valence-corrected chi connectivity index (χ4v) is 0.729. The number of rotatable bonds is 6. The number of nitrogens with one attached hydrogen (secondary N) is 1. The Balaban J connectivity index is 0. The molecule has 0 aliphatic heterocycles. The predicted molar refractivity (Wildman–Crippen MR) is 76.9 cm³/mol. The van der Waals surface area contributed by atoms with Crippen molar-refractivity contribution in [2.75, 3.05) is 6.54 Å². The second-order valence-corrected chi connectivity index (χ2v) is 4.94. The summed E-state index contributed by atoms with van der Waals surface area (Å²) in [5.74, 6) is 0.0158. The molecule has 0 spiro atoms. The lowest BCUT2D eigenvalue weighted by Crippen LogP contribution is -2.39. The first-order chi connectivity index (χ1) is 7.99. The second kappa shape index (κ2) is 7.37. The maximum Gasteiger partial charge on any atom is 0.171 e. The molecule has 0 saturated carbocycles. The minimum atomic E-state index is -1.55. The molecular weight excluding hydrogens is 272 g/mol. The van der Waals surface area contributed by atoms with Crippen LogP contribution in [0.25, 0.3) is 0 Å². The van der Waals surface area contributed by atoms with Crippen LogP contribution in [-0.4, -0.2) is 45.8 Å². The van der Waals surface area contributed by atoms with Crippen LogP contribution in [0.2, 0.25) is 0 Å². The van der Waals surface area contributed by atoms with Crippen molar-refractivity contribution in [3.05, 3.63) is 0 Å². The molecule has 0 bridgehead atoms. The van der Waals surface area contributed by atoms with Gasteiger partial charge in [-0.15, -0.1) is 12.4 Å². The lowest BCUT2D eigenvalue weighted by molar-refractivity contribution is -0.0305. The van der Waals surface area contributed by atoms with Gasteiger partial charge < -0.3 is 21.7 Å². The number of aliphatic hydroxyl groups excluding tert-OH is 1. The molecule has 0 aliphatic rings. The molecule has 9 heteroatoms. The predicted octanol–water partition coefficient (Wildman–Crippen LogP) is 0.0215. The first kappa shape index (κ1) is 20.1. The summed E-state index contributed by atoms with van der Waals surface area (Å²) in [5.41, 5.74) is 9.26. The van der Waals surface area contributed by atoms with E-state index in [9.17, 15) is 0 Å². The molecule has 0 rings (SSSR count). The van der Waals surface area contributed by atoms with Crippen molar-refractivity contribution < 1.29 is 10.2 Å². The van der Waals surface area contributed by atoms with Crippen LogP contribution in [0.1, 0.15) is 27.7 Å². The van der Waals surface area contributed by atoms with E-state index in [4.69, 9.17) is 27.1 Å². The SMILES string of the molecule is CC(C)(N=NC(C)(C)C(N)=NCC(O)O)C(=N)N.Cl. The van der Waals surface area contributed by atoms with Crippen LogP contribution in [0.4, 0.5) is 0 Å². The smallest absolute Gasteiger partial charge is 0.171 e. The van der Waals surface area contributed by atoms with Gasteiger partial charge in [0.1, 0.15) is 22.7 Å². The Kier molecular flexibility index (Phi) is 7.78. The Labute approximate surface area is 118 Å². The number of aliphatic imine (C=N–C) groups is 1. The highest BCUT2D eigenvalue weighted by Crippen LogP contribution is 2.16. The largest absolute Gasteiger partial charge is 0.386 e. The lowest BCUT2D eigenvalue weighted by atomic mass is 10.0. The summed E-state index contributed by atoms with van der Waals surface area (Å²) < 4.78 is 0. The highest BCUT2D eigenvalue weighted by Gasteiger charge is 2.26. The van der Waals surface area contributed by atoms with E-state index in [1.54, 1.807) is 27.7 Å². The average molecular weight is 295 g/mol. The summed E-state index contributed by atoms with van der Waals surface area (Å²) in [7, 11) is 0. The van der Waals surface area contributed by atoms with Gasteiger partial charge in [-0.2, -0.15) is 10.2 Å². The van der Waals surface area contributed by atoms with Crippen molar-refractivity contribution in [3.8, 4) is 0 Å². The number of hydrogen-bond acceptors (Lipinski definition) is 6. The fraction of sp³-hybridized carbons (Fsp3) is 0.800. The van der Waals surface area contributed by atoms with Crippen molar-refractivity contribution in [3.63, 3.8) is 0 Å². The molecule has 19 heavy (non-hydrogen) atoms. The molecule has 0 aromatic carbocycles. The molecule has 0 aromatic heterocycles.